The third-order valence-corrected chi connectivity index (χ3v) is 3.39. The van der Waals surface area contributed by atoms with Gasteiger partial charge in [0.1, 0.15) is 18.8 Å². The first kappa shape index (κ1) is 12.0. The summed E-state index contributed by atoms with van der Waals surface area (Å²) < 4.78 is 11.1. The summed E-state index contributed by atoms with van der Waals surface area (Å²) in [6.07, 6.45) is 1.24. The molecule has 5 nitrogen and oxygen atoms in total. The van der Waals surface area contributed by atoms with Crippen LogP contribution in [-0.2, 0) is 14.3 Å². The molecule has 6 heteroatoms. The summed E-state index contributed by atoms with van der Waals surface area (Å²) in [6, 6.07) is 0. The number of nitrogens with zero attached hydrogens (tertiary/aromatic N) is 1. The molecule has 1 rings (SSSR count). The summed E-state index contributed by atoms with van der Waals surface area (Å²) in [5.74, 6) is -0.511. The Kier molecular flexibility index (Phi) is 3.73. The molecule has 0 radical (unpaired) electrons. The molecule has 1 heterocycles. The van der Waals surface area contributed by atoms with Gasteiger partial charge >= 0.3 is 12.1 Å². The third-order valence-electron chi connectivity index (χ3n) is 2.35. The second-order valence-corrected chi connectivity index (χ2v) is 3.93. The summed E-state index contributed by atoms with van der Waals surface area (Å²) in [6.45, 7) is 5.47. The molecule has 1 saturated heterocycles. The van der Waals surface area contributed by atoms with E-state index in [4.69, 9.17) is 9.47 Å². The molecule has 0 N–H and O–H groups in total. The molecule has 1 unspecified atom stereocenters. The lowest BCUT2D eigenvalue weighted by Gasteiger charge is -2.28. The first-order valence-corrected chi connectivity index (χ1v) is 5.18. The number of esters is 1. The molecule has 0 bridgehead atoms. The highest BCUT2D eigenvalue weighted by Gasteiger charge is 2.46. The fraction of sp³-hybridized carbons (Fsp3) is 0.556. The highest BCUT2D eigenvalue weighted by Crippen LogP contribution is 2.31. The number of carbonyl (C=O) groups excluding carboxylic acids is 2. The second kappa shape index (κ2) is 4.65. The minimum atomic E-state index is -0.615. The van der Waals surface area contributed by atoms with Gasteiger partial charge in [-0.1, -0.05) is 13.5 Å². The van der Waals surface area contributed by atoms with Crippen molar-refractivity contribution in [2.75, 3.05) is 13.2 Å². The second-order valence-electron chi connectivity index (χ2n) is 3.23. The zero-order valence-corrected chi connectivity index (χ0v) is 9.95. The molecule has 0 aromatic rings. The number of hydrogen-bond donors (Lipinski definition) is 0. The van der Waals surface area contributed by atoms with Crippen molar-refractivity contribution in [3.63, 3.8) is 0 Å². The Hall–Kier alpha value is -1.04. The van der Waals surface area contributed by atoms with Crippen LogP contribution in [0.4, 0.5) is 4.79 Å². The number of rotatable bonds is 4. The first-order valence-electron chi connectivity index (χ1n) is 4.47. The van der Waals surface area contributed by atoms with Crippen LogP contribution in [0.3, 0.4) is 0 Å². The van der Waals surface area contributed by atoms with E-state index in [-0.39, 0.29) is 13.2 Å². The summed E-state index contributed by atoms with van der Waals surface area (Å²) in [5, 5.41) is 0. The van der Waals surface area contributed by atoms with Crippen LogP contribution in [0.5, 0.6) is 0 Å². The number of carbonyl (C=O) groups is 2. The SMILES string of the molecule is C=CC(=O)OCC1(CC)COC(=O)N1Br. The Balaban J connectivity index is 2.65. The molecule has 0 saturated carbocycles. The van der Waals surface area contributed by atoms with Gasteiger partial charge < -0.3 is 9.47 Å². The smallest absolute Gasteiger partial charge is 0.420 e. The topological polar surface area (TPSA) is 55.8 Å². The molecule has 15 heavy (non-hydrogen) atoms. The summed E-state index contributed by atoms with van der Waals surface area (Å²) in [5.41, 5.74) is -0.615. The maximum absolute atomic E-state index is 11.2. The summed E-state index contributed by atoms with van der Waals surface area (Å²) in [4.78, 5) is 22.1. The van der Waals surface area contributed by atoms with Crippen molar-refractivity contribution in [1.82, 2.24) is 3.93 Å². The molecule has 0 aromatic heterocycles. The van der Waals surface area contributed by atoms with Crippen molar-refractivity contribution >= 4 is 28.2 Å². The minimum absolute atomic E-state index is 0.0886. The van der Waals surface area contributed by atoms with Gasteiger partial charge in [0.15, 0.2) is 0 Å². The van der Waals surface area contributed by atoms with Crippen molar-refractivity contribution in [2.45, 2.75) is 18.9 Å². The molecule has 1 amide bonds. The van der Waals surface area contributed by atoms with E-state index in [0.717, 1.165) is 6.08 Å². The molecule has 0 aliphatic carbocycles. The number of ether oxygens (including phenoxy) is 2. The zero-order chi connectivity index (χ0) is 11.5. The van der Waals surface area contributed by atoms with Gasteiger partial charge in [-0.2, -0.15) is 0 Å². The lowest BCUT2D eigenvalue weighted by atomic mass is 10.00. The molecule has 1 aliphatic rings. The van der Waals surface area contributed by atoms with Gasteiger partial charge in [-0.15, -0.1) is 0 Å². The zero-order valence-electron chi connectivity index (χ0n) is 8.36. The van der Waals surface area contributed by atoms with Crippen LogP contribution in [0, 0.1) is 0 Å². The predicted molar refractivity (Wildman–Crippen MR) is 56.3 cm³/mol. The van der Waals surface area contributed by atoms with Gasteiger partial charge in [-0.3, -0.25) is 0 Å². The highest BCUT2D eigenvalue weighted by molar-refractivity contribution is 9.07. The number of hydrogen-bond acceptors (Lipinski definition) is 4. The standard InChI is InChI=1S/C9H12BrNO4/c1-3-7(12)14-5-9(4-2)6-15-8(13)11(9)10/h3H,1,4-6H2,2H3. The lowest BCUT2D eigenvalue weighted by molar-refractivity contribution is -0.140. The van der Waals surface area contributed by atoms with Crippen molar-refractivity contribution in [1.29, 1.82) is 0 Å². The number of amides is 1. The van der Waals surface area contributed by atoms with E-state index in [9.17, 15) is 9.59 Å². The summed E-state index contributed by atoms with van der Waals surface area (Å²) >= 11 is 3.10. The Morgan fingerprint density at radius 1 is 1.87 bits per heavy atom. The van der Waals surface area contributed by atoms with Crippen LogP contribution in [0.25, 0.3) is 0 Å². The number of halogens is 1. The highest BCUT2D eigenvalue weighted by atomic mass is 79.9. The monoisotopic (exact) mass is 277 g/mol. The normalized spacial score (nSPS) is 24.9. The van der Waals surface area contributed by atoms with Gasteiger partial charge in [0, 0.05) is 6.08 Å². The fourth-order valence-corrected chi connectivity index (χ4v) is 1.77. The Morgan fingerprint density at radius 2 is 2.53 bits per heavy atom. The van der Waals surface area contributed by atoms with E-state index in [2.05, 4.69) is 22.7 Å². The van der Waals surface area contributed by atoms with Crippen LogP contribution in [0.1, 0.15) is 13.3 Å². The predicted octanol–water partition coefficient (Wildman–Crippen LogP) is 1.63. The molecule has 0 aromatic carbocycles. The maximum Gasteiger partial charge on any atom is 0.420 e. The summed E-state index contributed by atoms with van der Waals surface area (Å²) in [7, 11) is 0. The largest absolute Gasteiger partial charge is 0.460 e. The third kappa shape index (κ3) is 2.31. The Bertz CT molecular complexity index is 294. The van der Waals surface area contributed by atoms with E-state index in [1.165, 1.54) is 3.93 Å². The van der Waals surface area contributed by atoms with Crippen LogP contribution in [0.15, 0.2) is 12.7 Å². The van der Waals surface area contributed by atoms with E-state index in [0.29, 0.717) is 6.42 Å². The van der Waals surface area contributed by atoms with Gasteiger partial charge in [-0.05, 0) is 6.42 Å². The van der Waals surface area contributed by atoms with Crippen LogP contribution in [-0.4, -0.2) is 34.7 Å². The van der Waals surface area contributed by atoms with E-state index >= 15 is 0 Å². The van der Waals surface area contributed by atoms with Gasteiger partial charge in [0.2, 0.25) is 0 Å². The van der Waals surface area contributed by atoms with E-state index < -0.39 is 17.6 Å². The average molecular weight is 278 g/mol. The van der Waals surface area contributed by atoms with E-state index in [1.807, 2.05) is 6.92 Å². The Morgan fingerprint density at radius 3 is 2.93 bits per heavy atom. The van der Waals surface area contributed by atoms with Crippen LogP contribution in [0.2, 0.25) is 0 Å². The van der Waals surface area contributed by atoms with Crippen molar-refractivity contribution in [3.05, 3.63) is 12.7 Å². The minimum Gasteiger partial charge on any atom is -0.460 e. The van der Waals surface area contributed by atoms with Crippen molar-refractivity contribution in [3.8, 4) is 0 Å². The van der Waals surface area contributed by atoms with Gasteiger partial charge in [0.25, 0.3) is 0 Å². The molecule has 0 spiro atoms. The van der Waals surface area contributed by atoms with Gasteiger partial charge in [0.05, 0.1) is 16.1 Å². The quantitative estimate of drug-likeness (QED) is 0.445. The molecule has 84 valence electrons. The van der Waals surface area contributed by atoms with E-state index in [1.54, 1.807) is 0 Å². The van der Waals surface area contributed by atoms with Crippen molar-refractivity contribution in [2.24, 2.45) is 0 Å². The molecular weight excluding hydrogens is 266 g/mol. The Labute approximate surface area is 96.4 Å². The molecular formula is C9H12BrNO4. The lowest BCUT2D eigenvalue weighted by Crippen LogP contribution is -2.45. The van der Waals surface area contributed by atoms with Crippen LogP contribution < -0.4 is 0 Å². The molecule has 1 aliphatic heterocycles. The first-order chi connectivity index (χ1) is 7.05. The van der Waals surface area contributed by atoms with Crippen LogP contribution >= 0.6 is 16.1 Å². The maximum atomic E-state index is 11.2. The molecule has 1 fully saturated rings. The number of cyclic esters (lactones) is 1. The average Bonchev–Trinajstić information content (AvgIpc) is 2.54. The molecule has 1 atom stereocenters. The van der Waals surface area contributed by atoms with Crippen molar-refractivity contribution < 1.29 is 19.1 Å². The fourth-order valence-electron chi connectivity index (χ4n) is 1.21. The van der Waals surface area contributed by atoms with Gasteiger partial charge in [-0.25, -0.2) is 13.5 Å².